The van der Waals surface area contributed by atoms with Crippen molar-refractivity contribution in [3.63, 3.8) is 0 Å². The van der Waals surface area contributed by atoms with Gasteiger partial charge in [-0.05, 0) is 24.6 Å². The Balaban J connectivity index is 2.39. The van der Waals surface area contributed by atoms with E-state index in [-0.39, 0.29) is 5.91 Å². The first-order chi connectivity index (χ1) is 6.68. The van der Waals surface area contributed by atoms with Crippen LogP contribution in [0.2, 0.25) is 5.02 Å². The Hall–Kier alpha value is -1.06. The summed E-state index contributed by atoms with van der Waals surface area (Å²) in [7, 11) is 0. The molecule has 0 aliphatic carbocycles. The monoisotopic (exact) mass is 210 g/mol. The van der Waals surface area contributed by atoms with Gasteiger partial charge >= 0.3 is 0 Å². The summed E-state index contributed by atoms with van der Waals surface area (Å²) in [4.78, 5) is 13.2. The quantitative estimate of drug-likeness (QED) is 0.763. The van der Waals surface area contributed by atoms with Gasteiger partial charge < -0.3 is 0 Å². The molecule has 0 atom stereocenters. The molecule has 2 rings (SSSR count). The largest absolute Gasteiger partial charge is 0.298 e. The van der Waals surface area contributed by atoms with E-state index in [9.17, 15) is 4.79 Å². The van der Waals surface area contributed by atoms with Crippen LogP contribution in [-0.2, 0) is 4.79 Å². The van der Waals surface area contributed by atoms with Crippen LogP contribution in [-0.4, -0.2) is 19.1 Å². The number of hydrogen-bond donors (Lipinski definition) is 1. The molecular weight excluding hydrogens is 200 g/mol. The lowest BCUT2D eigenvalue weighted by molar-refractivity contribution is -0.116. The van der Waals surface area contributed by atoms with E-state index < -0.39 is 0 Å². The summed E-state index contributed by atoms with van der Waals surface area (Å²) in [6.45, 7) is 2.95. The minimum Gasteiger partial charge on any atom is -0.298 e. The molecule has 1 fully saturated rings. The van der Waals surface area contributed by atoms with Crippen molar-refractivity contribution in [2.75, 3.05) is 18.1 Å². The van der Waals surface area contributed by atoms with Crippen LogP contribution in [0.5, 0.6) is 0 Å². The summed E-state index contributed by atoms with van der Waals surface area (Å²) in [5.74, 6) is 0.0929. The summed E-state index contributed by atoms with van der Waals surface area (Å²) in [6.07, 6.45) is 0. The van der Waals surface area contributed by atoms with Gasteiger partial charge in [-0.15, -0.1) is 0 Å². The lowest BCUT2D eigenvalue weighted by Gasteiger charge is -2.17. The first-order valence-electron chi connectivity index (χ1n) is 4.46. The third kappa shape index (κ3) is 1.61. The molecule has 1 aromatic rings. The van der Waals surface area contributed by atoms with Crippen LogP contribution < -0.4 is 10.2 Å². The third-order valence-electron chi connectivity index (χ3n) is 2.31. The Morgan fingerprint density at radius 1 is 1.50 bits per heavy atom. The third-order valence-corrected chi connectivity index (χ3v) is 2.54. The highest BCUT2D eigenvalue weighted by atomic mass is 35.5. The van der Waals surface area contributed by atoms with Crippen molar-refractivity contribution < 1.29 is 4.79 Å². The van der Waals surface area contributed by atoms with Gasteiger partial charge in [-0.1, -0.05) is 17.7 Å². The Kier molecular flexibility index (Phi) is 2.44. The van der Waals surface area contributed by atoms with Crippen LogP contribution in [0.3, 0.4) is 0 Å². The van der Waals surface area contributed by atoms with Gasteiger partial charge in [0.2, 0.25) is 5.91 Å². The number of hydrogen-bond acceptors (Lipinski definition) is 2. The summed E-state index contributed by atoms with van der Waals surface area (Å²) in [5.41, 5.74) is 1.96. The molecule has 1 amide bonds. The second-order valence-electron chi connectivity index (χ2n) is 3.34. The van der Waals surface area contributed by atoms with Gasteiger partial charge in [0.1, 0.15) is 0 Å². The van der Waals surface area contributed by atoms with Gasteiger partial charge in [0.05, 0.1) is 13.2 Å². The van der Waals surface area contributed by atoms with E-state index in [4.69, 9.17) is 11.6 Å². The molecule has 0 bridgehead atoms. The number of anilines is 1. The average Bonchev–Trinajstić information content (AvgIpc) is 2.56. The van der Waals surface area contributed by atoms with E-state index >= 15 is 0 Å². The number of benzene rings is 1. The van der Waals surface area contributed by atoms with Crippen LogP contribution in [0.1, 0.15) is 5.56 Å². The molecule has 0 unspecified atom stereocenters. The summed E-state index contributed by atoms with van der Waals surface area (Å²) in [5, 5.41) is 3.66. The number of nitrogens with zero attached hydrogens (tertiary/aromatic N) is 1. The van der Waals surface area contributed by atoms with Gasteiger partial charge in [0.15, 0.2) is 0 Å². The Morgan fingerprint density at radius 3 is 2.93 bits per heavy atom. The molecule has 1 saturated heterocycles. The number of carbonyl (C=O) groups excluding carboxylic acids is 1. The summed E-state index contributed by atoms with van der Waals surface area (Å²) >= 11 is 5.88. The van der Waals surface area contributed by atoms with E-state index in [1.807, 2.05) is 25.1 Å². The second-order valence-corrected chi connectivity index (χ2v) is 3.77. The van der Waals surface area contributed by atoms with Crippen molar-refractivity contribution in [2.24, 2.45) is 0 Å². The Bertz CT molecular complexity index is 378. The molecule has 74 valence electrons. The van der Waals surface area contributed by atoms with Crippen molar-refractivity contribution >= 4 is 23.2 Å². The molecule has 3 nitrogen and oxygen atoms in total. The normalized spacial score (nSPS) is 16.4. The number of aryl methyl sites for hydroxylation is 1. The molecular formula is C10H11ClN2O. The van der Waals surface area contributed by atoms with Crippen molar-refractivity contribution in [3.05, 3.63) is 28.8 Å². The van der Waals surface area contributed by atoms with Crippen LogP contribution in [0, 0.1) is 6.92 Å². The number of amides is 1. The first-order valence-corrected chi connectivity index (χ1v) is 4.83. The van der Waals surface area contributed by atoms with Crippen molar-refractivity contribution in [3.8, 4) is 0 Å². The Morgan fingerprint density at radius 2 is 2.29 bits per heavy atom. The average molecular weight is 211 g/mol. The van der Waals surface area contributed by atoms with Crippen molar-refractivity contribution in [1.82, 2.24) is 5.32 Å². The van der Waals surface area contributed by atoms with Gasteiger partial charge in [-0.3, -0.25) is 15.0 Å². The molecule has 14 heavy (non-hydrogen) atoms. The van der Waals surface area contributed by atoms with E-state index in [0.717, 1.165) is 11.3 Å². The van der Waals surface area contributed by atoms with Crippen LogP contribution in [0.4, 0.5) is 5.69 Å². The zero-order valence-electron chi connectivity index (χ0n) is 7.88. The van der Waals surface area contributed by atoms with Crippen molar-refractivity contribution in [2.45, 2.75) is 6.92 Å². The highest BCUT2D eigenvalue weighted by Crippen LogP contribution is 2.24. The molecule has 0 saturated carbocycles. The van der Waals surface area contributed by atoms with E-state index in [1.54, 1.807) is 4.90 Å². The SMILES string of the molecule is Cc1ccc(Cl)cc1N1CNCC1=O. The molecule has 1 aliphatic rings. The minimum atomic E-state index is 0.0929. The highest BCUT2D eigenvalue weighted by molar-refractivity contribution is 6.31. The fraction of sp³-hybridized carbons (Fsp3) is 0.300. The number of halogens is 1. The molecule has 1 N–H and O–H groups in total. The van der Waals surface area contributed by atoms with Crippen LogP contribution >= 0.6 is 11.6 Å². The second kappa shape index (κ2) is 3.59. The highest BCUT2D eigenvalue weighted by Gasteiger charge is 2.22. The van der Waals surface area contributed by atoms with E-state index in [2.05, 4.69) is 5.32 Å². The zero-order chi connectivity index (χ0) is 10.1. The maximum absolute atomic E-state index is 11.5. The van der Waals surface area contributed by atoms with Gasteiger partial charge in [0, 0.05) is 10.7 Å². The van der Waals surface area contributed by atoms with Gasteiger partial charge in [0.25, 0.3) is 0 Å². The topological polar surface area (TPSA) is 32.3 Å². The maximum Gasteiger partial charge on any atom is 0.242 e. The first kappa shape index (κ1) is 9.49. The zero-order valence-corrected chi connectivity index (χ0v) is 8.64. The molecule has 0 spiro atoms. The number of nitrogens with one attached hydrogen (secondary N) is 1. The minimum absolute atomic E-state index is 0.0929. The summed E-state index contributed by atoms with van der Waals surface area (Å²) < 4.78 is 0. The lowest BCUT2D eigenvalue weighted by atomic mass is 10.2. The lowest BCUT2D eigenvalue weighted by Crippen LogP contribution is -2.26. The fourth-order valence-electron chi connectivity index (χ4n) is 1.55. The van der Waals surface area contributed by atoms with Crippen molar-refractivity contribution in [1.29, 1.82) is 0 Å². The number of carbonyl (C=O) groups is 1. The fourth-order valence-corrected chi connectivity index (χ4v) is 1.72. The summed E-state index contributed by atoms with van der Waals surface area (Å²) in [6, 6.07) is 5.57. The predicted molar refractivity (Wildman–Crippen MR) is 56.5 cm³/mol. The molecule has 0 aromatic heterocycles. The standard InChI is InChI=1S/C10H11ClN2O/c1-7-2-3-8(11)4-9(7)13-6-12-5-10(13)14/h2-4,12H,5-6H2,1H3. The molecule has 1 aliphatic heterocycles. The molecule has 0 radical (unpaired) electrons. The molecule has 4 heteroatoms. The van der Waals surface area contributed by atoms with E-state index in [1.165, 1.54) is 0 Å². The smallest absolute Gasteiger partial charge is 0.242 e. The van der Waals surface area contributed by atoms with Gasteiger partial charge in [-0.25, -0.2) is 0 Å². The maximum atomic E-state index is 11.5. The van der Waals surface area contributed by atoms with Gasteiger partial charge in [-0.2, -0.15) is 0 Å². The Labute approximate surface area is 87.7 Å². The van der Waals surface area contributed by atoms with Crippen LogP contribution in [0.25, 0.3) is 0 Å². The predicted octanol–water partition coefficient (Wildman–Crippen LogP) is 1.54. The molecule has 1 heterocycles. The number of rotatable bonds is 1. The van der Waals surface area contributed by atoms with E-state index in [0.29, 0.717) is 18.2 Å². The van der Waals surface area contributed by atoms with Crippen LogP contribution in [0.15, 0.2) is 18.2 Å². The molecule has 1 aromatic carbocycles.